The fourth-order valence-electron chi connectivity index (χ4n) is 2.88. The molecule has 0 radical (unpaired) electrons. The van der Waals surface area contributed by atoms with Crippen LogP contribution in [0, 0.1) is 0 Å². The molecule has 3 rings (SSSR count). The van der Waals surface area contributed by atoms with Crippen molar-refractivity contribution in [3.8, 4) is 0 Å². The zero-order chi connectivity index (χ0) is 12.4. The minimum Gasteiger partial charge on any atom is -0.391 e. The maximum Gasteiger partial charge on any atom is 0.0733 e. The van der Waals surface area contributed by atoms with Gasteiger partial charge in [-0.2, -0.15) is 0 Å². The van der Waals surface area contributed by atoms with Crippen molar-refractivity contribution in [2.45, 2.75) is 31.4 Å². The van der Waals surface area contributed by atoms with E-state index in [1.807, 2.05) is 0 Å². The highest BCUT2D eigenvalue weighted by Gasteiger charge is 2.22. The van der Waals surface area contributed by atoms with E-state index in [0.717, 1.165) is 19.4 Å². The monoisotopic (exact) mass is 241 g/mol. The lowest BCUT2D eigenvalue weighted by molar-refractivity contribution is 0.136. The van der Waals surface area contributed by atoms with Gasteiger partial charge < -0.3 is 10.4 Å². The first-order valence-electron chi connectivity index (χ1n) is 6.73. The molecule has 1 heterocycles. The van der Waals surface area contributed by atoms with Crippen LogP contribution in [0.1, 0.15) is 18.4 Å². The largest absolute Gasteiger partial charge is 0.391 e. The van der Waals surface area contributed by atoms with Gasteiger partial charge in [0.15, 0.2) is 0 Å². The van der Waals surface area contributed by atoms with Crippen molar-refractivity contribution in [1.29, 1.82) is 0 Å². The van der Waals surface area contributed by atoms with Gasteiger partial charge in [-0.25, -0.2) is 0 Å². The maximum absolute atomic E-state index is 10.3. The average Bonchev–Trinajstić information content (AvgIpc) is 2.93. The molecule has 2 aromatic rings. The Kier molecular flexibility index (Phi) is 3.31. The summed E-state index contributed by atoms with van der Waals surface area (Å²) in [7, 11) is 0. The van der Waals surface area contributed by atoms with Gasteiger partial charge in [-0.15, -0.1) is 0 Å². The van der Waals surface area contributed by atoms with E-state index >= 15 is 0 Å². The lowest BCUT2D eigenvalue weighted by Gasteiger charge is -2.19. The molecule has 2 atom stereocenters. The molecule has 0 amide bonds. The molecule has 2 N–H and O–H groups in total. The Balaban J connectivity index is 1.85. The fraction of sp³-hybridized carbons (Fsp3) is 0.375. The summed E-state index contributed by atoms with van der Waals surface area (Å²) in [5.74, 6) is 0. The zero-order valence-corrected chi connectivity index (χ0v) is 10.5. The molecule has 94 valence electrons. The van der Waals surface area contributed by atoms with Crippen LogP contribution < -0.4 is 5.32 Å². The highest BCUT2D eigenvalue weighted by atomic mass is 16.3. The number of rotatable bonds is 3. The molecule has 2 heteroatoms. The second-order valence-corrected chi connectivity index (χ2v) is 5.11. The molecule has 0 spiro atoms. The predicted molar refractivity (Wildman–Crippen MR) is 74.7 cm³/mol. The smallest absolute Gasteiger partial charge is 0.0733 e. The summed E-state index contributed by atoms with van der Waals surface area (Å²) in [6.45, 7) is 1.04. The van der Waals surface area contributed by atoms with Gasteiger partial charge in [0.05, 0.1) is 6.10 Å². The standard InChI is InChI=1S/C16H19NO/c18-16(15-9-4-10-17-15)11-13-7-3-6-12-5-1-2-8-14(12)13/h1-3,5-8,15-18H,4,9-11H2. The van der Waals surface area contributed by atoms with Gasteiger partial charge in [-0.1, -0.05) is 42.5 Å². The van der Waals surface area contributed by atoms with Crippen LogP contribution in [0.4, 0.5) is 0 Å². The van der Waals surface area contributed by atoms with Crippen molar-refractivity contribution < 1.29 is 5.11 Å². The van der Waals surface area contributed by atoms with Crippen molar-refractivity contribution in [2.75, 3.05) is 6.54 Å². The first kappa shape index (κ1) is 11.7. The van der Waals surface area contributed by atoms with Crippen LogP contribution in [-0.2, 0) is 6.42 Å². The fourth-order valence-corrected chi connectivity index (χ4v) is 2.88. The van der Waals surface area contributed by atoms with E-state index in [1.54, 1.807) is 0 Å². The van der Waals surface area contributed by atoms with Crippen LogP contribution in [-0.4, -0.2) is 23.8 Å². The summed E-state index contributed by atoms with van der Waals surface area (Å²) in [6, 6.07) is 15.0. The summed E-state index contributed by atoms with van der Waals surface area (Å²) >= 11 is 0. The van der Waals surface area contributed by atoms with Crippen LogP contribution in [0.5, 0.6) is 0 Å². The first-order valence-corrected chi connectivity index (χ1v) is 6.73. The van der Waals surface area contributed by atoms with Gasteiger partial charge in [0.25, 0.3) is 0 Å². The highest BCUT2D eigenvalue weighted by molar-refractivity contribution is 5.85. The third-order valence-electron chi connectivity index (χ3n) is 3.87. The number of fused-ring (bicyclic) bond motifs is 1. The Morgan fingerprint density at radius 1 is 1.17 bits per heavy atom. The molecule has 0 aliphatic carbocycles. The predicted octanol–water partition coefficient (Wildman–Crippen LogP) is 2.50. The van der Waals surface area contributed by atoms with Crippen molar-refractivity contribution in [3.05, 3.63) is 48.0 Å². The van der Waals surface area contributed by atoms with Crippen molar-refractivity contribution in [2.24, 2.45) is 0 Å². The van der Waals surface area contributed by atoms with Crippen molar-refractivity contribution in [3.63, 3.8) is 0 Å². The maximum atomic E-state index is 10.3. The van der Waals surface area contributed by atoms with Crippen LogP contribution in [0.15, 0.2) is 42.5 Å². The van der Waals surface area contributed by atoms with Crippen molar-refractivity contribution in [1.82, 2.24) is 5.32 Å². The summed E-state index contributed by atoms with van der Waals surface area (Å²) in [5, 5.41) is 16.2. The minimum atomic E-state index is -0.279. The van der Waals surface area contributed by atoms with Gasteiger partial charge in [0.2, 0.25) is 0 Å². The van der Waals surface area contributed by atoms with E-state index in [4.69, 9.17) is 0 Å². The minimum absolute atomic E-state index is 0.268. The van der Waals surface area contributed by atoms with Crippen LogP contribution in [0.2, 0.25) is 0 Å². The summed E-state index contributed by atoms with van der Waals surface area (Å²) in [4.78, 5) is 0. The molecule has 1 fully saturated rings. The number of aliphatic hydroxyl groups excluding tert-OH is 1. The average molecular weight is 241 g/mol. The normalized spacial score (nSPS) is 21.3. The summed E-state index contributed by atoms with van der Waals surface area (Å²) in [5.41, 5.74) is 1.24. The number of nitrogens with one attached hydrogen (secondary N) is 1. The van der Waals surface area contributed by atoms with E-state index in [9.17, 15) is 5.11 Å². The van der Waals surface area contributed by atoms with E-state index in [1.165, 1.54) is 22.8 Å². The first-order chi connectivity index (χ1) is 8.84. The third-order valence-corrected chi connectivity index (χ3v) is 3.87. The number of hydrogen-bond donors (Lipinski definition) is 2. The number of aliphatic hydroxyl groups is 1. The molecule has 2 nitrogen and oxygen atoms in total. The second kappa shape index (κ2) is 5.09. The Morgan fingerprint density at radius 3 is 2.83 bits per heavy atom. The second-order valence-electron chi connectivity index (χ2n) is 5.11. The van der Waals surface area contributed by atoms with E-state index in [0.29, 0.717) is 0 Å². The molecular formula is C16H19NO. The molecule has 0 bridgehead atoms. The molecule has 1 saturated heterocycles. The summed E-state index contributed by atoms with van der Waals surface area (Å²) < 4.78 is 0. The van der Waals surface area contributed by atoms with Gasteiger partial charge in [0.1, 0.15) is 0 Å². The molecule has 18 heavy (non-hydrogen) atoms. The highest BCUT2D eigenvalue weighted by Crippen LogP contribution is 2.21. The SMILES string of the molecule is OC(Cc1cccc2ccccc12)C1CCCN1. The van der Waals surface area contributed by atoms with Gasteiger partial charge in [0, 0.05) is 12.5 Å². The van der Waals surface area contributed by atoms with Crippen LogP contribution in [0.3, 0.4) is 0 Å². The van der Waals surface area contributed by atoms with E-state index < -0.39 is 0 Å². The lowest BCUT2D eigenvalue weighted by atomic mass is 9.96. The van der Waals surface area contributed by atoms with Gasteiger partial charge in [-0.05, 0) is 35.7 Å². The number of benzene rings is 2. The molecule has 2 aromatic carbocycles. The molecular weight excluding hydrogens is 222 g/mol. The van der Waals surface area contributed by atoms with Gasteiger partial charge in [-0.3, -0.25) is 0 Å². The lowest BCUT2D eigenvalue weighted by Crippen LogP contribution is -2.36. The van der Waals surface area contributed by atoms with E-state index in [2.05, 4.69) is 47.8 Å². The Hall–Kier alpha value is -1.38. The molecule has 1 aliphatic heterocycles. The number of hydrogen-bond acceptors (Lipinski definition) is 2. The Labute approximate surface area is 108 Å². The third kappa shape index (κ3) is 2.26. The molecule has 0 aromatic heterocycles. The van der Waals surface area contributed by atoms with E-state index in [-0.39, 0.29) is 12.1 Å². The Bertz CT molecular complexity index is 526. The summed E-state index contributed by atoms with van der Waals surface area (Å²) in [6.07, 6.45) is 2.72. The zero-order valence-electron chi connectivity index (χ0n) is 10.5. The quantitative estimate of drug-likeness (QED) is 0.865. The topological polar surface area (TPSA) is 32.3 Å². The molecule has 2 unspecified atom stereocenters. The van der Waals surface area contributed by atoms with Crippen LogP contribution >= 0.6 is 0 Å². The molecule has 0 saturated carbocycles. The van der Waals surface area contributed by atoms with Crippen LogP contribution in [0.25, 0.3) is 10.8 Å². The molecule has 1 aliphatic rings. The Morgan fingerprint density at radius 2 is 2.00 bits per heavy atom. The van der Waals surface area contributed by atoms with Gasteiger partial charge >= 0.3 is 0 Å². The van der Waals surface area contributed by atoms with Crippen molar-refractivity contribution >= 4 is 10.8 Å².